The van der Waals surface area contributed by atoms with Crippen LogP contribution < -0.4 is 5.32 Å². The highest BCUT2D eigenvalue weighted by atomic mass is 16.1. The Morgan fingerprint density at radius 3 is 2.65 bits per heavy atom. The molecule has 0 unspecified atom stereocenters. The molecule has 0 bridgehead atoms. The molecule has 1 atom stereocenters. The predicted molar refractivity (Wildman–Crippen MR) is 109 cm³/mol. The van der Waals surface area contributed by atoms with Crippen LogP contribution in [0.5, 0.6) is 0 Å². The van der Waals surface area contributed by atoms with E-state index in [0.717, 1.165) is 30.1 Å². The van der Waals surface area contributed by atoms with Crippen LogP contribution in [0.2, 0.25) is 0 Å². The molecule has 0 aromatic heterocycles. The molecule has 3 heteroatoms. The van der Waals surface area contributed by atoms with Crippen molar-refractivity contribution in [2.75, 3.05) is 18.4 Å². The summed E-state index contributed by atoms with van der Waals surface area (Å²) in [4.78, 5) is 15.2. The van der Waals surface area contributed by atoms with E-state index in [9.17, 15) is 4.79 Å². The van der Waals surface area contributed by atoms with Crippen LogP contribution in [0.25, 0.3) is 0 Å². The van der Waals surface area contributed by atoms with Gasteiger partial charge in [-0.25, -0.2) is 0 Å². The Morgan fingerprint density at radius 2 is 1.96 bits per heavy atom. The summed E-state index contributed by atoms with van der Waals surface area (Å²) in [6.45, 7) is 9.81. The van der Waals surface area contributed by atoms with Crippen molar-refractivity contribution in [2.45, 2.75) is 46.6 Å². The van der Waals surface area contributed by atoms with Crippen LogP contribution in [0.3, 0.4) is 0 Å². The lowest BCUT2D eigenvalue weighted by molar-refractivity contribution is 0.102. The van der Waals surface area contributed by atoms with Crippen molar-refractivity contribution in [3.05, 3.63) is 64.7 Å². The summed E-state index contributed by atoms with van der Waals surface area (Å²) < 4.78 is 0. The number of hydrogen-bond acceptors (Lipinski definition) is 2. The molecule has 1 aliphatic rings. The summed E-state index contributed by atoms with van der Waals surface area (Å²) in [5.41, 5.74) is 5.22. The number of aryl methyl sites for hydroxylation is 2. The predicted octanol–water partition coefficient (Wildman–Crippen LogP) is 5.04. The maximum Gasteiger partial charge on any atom is 0.255 e. The summed E-state index contributed by atoms with van der Waals surface area (Å²) >= 11 is 0. The topological polar surface area (TPSA) is 32.3 Å². The molecule has 3 rings (SSSR count). The van der Waals surface area contributed by atoms with Crippen molar-refractivity contribution in [1.82, 2.24) is 4.90 Å². The highest BCUT2D eigenvalue weighted by Gasteiger charge is 2.16. The quantitative estimate of drug-likeness (QED) is 0.819. The summed E-state index contributed by atoms with van der Waals surface area (Å²) in [5, 5.41) is 3.10. The first kappa shape index (κ1) is 18.7. The van der Waals surface area contributed by atoms with Gasteiger partial charge in [0.05, 0.1) is 0 Å². The summed E-state index contributed by atoms with van der Waals surface area (Å²) in [6, 6.07) is 14.2. The molecule has 1 saturated heterocycles. The average molecular weight is 351 g/mol. The Kier molecular flexibility index (Phi) is 6.10. The van der Waals surface area contributed by atoms with Gasteiger partial charge in [0.15, 0.2) is 0 Å². The van der Waals surface area contributed by atoms with E-state index < -0.39 is 0 Å². The summed E-state index contributed by atoms with van der Waals surface area (Å²) in [5.74, 6) is 0.753. The van der Waals surface area contributed by atoms with Crippen LogP contribution in [-0.2, 0) is 13.0 Å². The molecule has 0 radical (unpaired) electrons. The second-order valence-electron chi connectivity index (χ2n) is 7.60. The van der Waals surface area contributed by atoms with Gasteiger partial charge in [-0.2, -0.15) is 0 Å². The molecule has 1 fully saturated rings. The minimum absolute atomic E-state index is 0.0351. The molecule has 1 heterocycles. The second-order valence-corrected chi connectivity index (χ2v) is 7.60. The Balaban J connectivity index is 1.66. The molecular weight excluding hydrogens is 320 g/mol. The fourth-order valence-corrected chi connectivity index (χ4v) is 3.84. The Labute approximate surface area is 157 Å². The average Bonchev–Trinajstić information content (AvgIpc) is 2.64. The number of hydrogen-bond donors (Lipinski definition) is 1. The van der Waals surface area contributed by atoms with E-state index in [-0.39, 0.29) is 5.91 Å². The third kappa shape index (κ3) is 4.53. The number of carbonyl (C=O) groups excluding carboxylic acids is 1. The maximum atomic E-state index is 12.7. The number of amides is 1. The zero-order valence-electron chi connectivity index (χ0n) is 16.2. The molecule has 138 valence electrons. The van der Waals surface area contributed by atoms with E-state index in [1.807, 2.05) is 31.2 Å². The molecular formula is C23H30N2O. The van der Waals surface area contributed by atoms with Crippen molar-refractivity contribution < 1.29 is 4.79 Å². The van der Waals surface area contributed by atoms with E-state index in [4.69, 9.17) is 0 Å². The molecule has 26 heavy (non-hydrogen) atoms. The van der Waals surface area contributed by atoms with Gasteiger partial charge < -0.3 is 5.32 Å². The molecule has 1 amide bonds. The van der Waals surface area contributed by atoms with E-state index in [0.29, 0.717) is 5.56 Å². The third-order valence-corrected chi connectivity index (χ3v) is 5.34. The summed E-state index contributed by atoms with van der Waals surface area (Å²) in [6.07, 6.45) is 3.54. The molecule has 0 aliphatic carbocycles. The Morgan fingerprint density at radius 1 is 1.19 bits per heavy atom. The van der Waals surface area contributed by atoms with Crippen molar-refractivity contribution in [2.24, 2.45) is 5.92 Å². The van der Waals surface area contributed by atoms with Gasteiger partial charge in [-0.3, -0.25) is 9.69 Å². The Bertz CT molecular complexity index is 751. The van der Waals surface area contributed by atoms with Gasteiger partial charge in [0.1, 0.15) is 0 Å². The first-order chi connectivity index (χ1) is 12.6. The number of likely N-dealkylation sites (tertiary alicyclic amines) is 1. The van der Waals surface area contributed by atoms with Crippen LogP contribution in [0.4, 0.5) is 5.69 Å². The highest BCUT2D eigenvalue weighted by Crippen LogP contribution is 2.22. The first-order valence-electron chi connectivity index (χ1n) is 9.78. The van der Waals surface area contributed by atoms with Gasteiger partial charge in [0, 0.05) is 24.3 Å². The van der Waals surface area contributed by atoms with Gasteiger partial charge in [0.25, 0.3) is 5.91 Å². The molecule has 1 aliphatic heterocycles. The summed E-state index contributed by atoms with van der Waals surface area (Å²) in [7, 11) is 0. The van der Waals surface area contributed by atoms with Crippen molar-refractivity contribution in [3.63, 3.8) is 0 Å². The van der Waals surface area contributed by atoms with Gasteiger partial charge >= 0.3 is 0 Å². The van der Waals surface area contributed by atoms with E-state index in [1.165, 1.54) is 37.1 Å². The molecule has 1 N–H and O–H groups in total. The first-order valence-corrected chi connectivity index (χ1v) is 9.78. The van der Waals surface area contributed by atoms with Crippen molar-refractivity contribution in [3.8, 4) is 0 Å². The third-order valence-electron chi connectivity index (χ3n) is 5.34. The molecule has 2 aromatic rings. The maximum absolute atomic E-state index is 12.7. The number of piperidine rings is 1. The second kappa shape index (κ2) is 8.50. The fraction of sp³-hybridized carbons (Fsp3) is 0.435. The molecule has 0 spiro atoms. The van der Waals surface area contributed by atoms with Crippen molar-refractivity contribution in [1.29, 1.82) is 0 Å². The standard InChI is InChI=1S/C23H30N2O/c1-4-20-9-5-8-18(3)22(20)24-23(26)21-12-10-19(11-13-21)16-25-14-6-7-17(2)15-25/h5,8-13,17H,4,6-7,14-16H2,1-3H3,(H,24,26)/t17-/m1/s1. The van der Waals surface area contributed by atoms with Gasteiger partial charge in [-0.05, 0) is 67.5 Å². The minimum Gasteiger partial charge on any atom is -0.321 e. The van der Waals surface area contributed by atoms with Crippen LogP contribution in [0, 0.1) is 12.8 Å². The van der Waals surface area contributed by atoms with Crippen LogP contribution in [-0.4, -0.2) is 23.9 Å². The zero-order chi connectivity index (χ0) is 18.5. The lowest BCUT2D eigenvalue weighted by atomic mass is 9.99. The monoisotopic (exact) mass is 350 g/mol. The zero-order valence-corrected chi connectivity index (χ0v) is 16.2. The van der Waals surface area contributed by atoms with Crippen LogP contribution in [0.1, 0.15) is 53.7 Å². The van der Waals surface area contributed by atoms with Gasteiger partial charge in [-0.1, -0.05) is 44.2 Å². The Hall–Kier alpha value is -2.13. The minimum atomic E-state index is -0.0351. The van der Waals surface area contributed by atoms with Crippen LogP contribution in [0.15, 0.2) is 42.5 Å². The SMILES string of the molecule is CCc1cccc(C)c1NC(=O)c1ccc(CN2CCC[C@@H](C)C2)cc1. The number of para-hydroxylation sites is 1. The van der Waals surface area contributed by atoms with E-state index in [1.54, 1.807) is 0 Å². The number of anilines is 1. The molecule has 0 saturated carbocycles. The highest BCUT2D eigenvalue weighted by molar-refractivity contribution is 6.05. The number of carbonyl (C=O) groups is 1. The number of rotatable bonds is 5. The molecule has 3 nitrogen and oxygen atoms in total. The number of nitrogens with one attached hydrogen (secondary N) is 1. The smallest absolute Gasteiger partial charge is 0.255 e. The number of nitrogens with zero attached hydrogens (tertiary/aromatic N) is 1. The van der Waals surface area contributed by atoms with Crippen LogP contribution >= 0.6 is 0 Å². The lowest BCUT2D eigenvalue weighted by Gasteiger charge is -2.30. The van der Waals surface area contributed by atoms with Crippen molar-refractivity contribution >= 4 is 11.6 Å². The largest absolute Gasteiger partial charge is 0.321 e. The lowest BCUT2D eigenvalue weighted by Crippen LogP contribution is -2.33. The van der Waals surface area contributed by atoms with E-state index in [2.05, 4.69) is 42.3 Å². The van der Waals surface area contributed by atoms with Gasteiger partial charge in [-0.15, -0.1) is 0 Å². The fourth-order valence-electron chi connectivity index (χ4n) is 3.84. The van der Waals surface area contributed by atoms with Gasteiger partial charge in [0.2, 0.25) is 0 Å². The molecule has 2 aromatic carbocycles. The number of benzene rings is 2. The van der Waals surface area contributed by atoms with E-state index >= 15 is 0 Å². The normalized spacial score (nSPS) is 17.9.